The van der Waals surface area contributed by atoms with Crippen LogP contribution in [0.1, 0.15) is 70.6 Å². The fourth-order valence-corrected chi connectivity index (χ4v) is 7.29. The quantitative estimate of drug-likeness (QED) is 0.202. The number of para-hydroxylation sites is 1. The number of hydrogen-bond donors (Lipinski definition) is 1. The van der Waals surface area contributed by atoms with E-state index >= 15 is 0 Å². The van der Waals surface area contributed by atoms with Crippen molar-refractivity contribution in [3.63, 3.8) is 0 Å². The average molecular weight is 564 g/mol. The third kappa shape index (κ3) is 5.53. The molecule has 3 heterocycles. The Morgan fingerprint density at radius 3 is 2.63 bits per heavy atom. The molecule has 0 radical (unpaired) electrons. The van der Waals surface area contributed by atoms with Crippen molar-refractivity contribution in [2.24, 2.45) is 16.3 Å². The lowest BCUT2D eigenvalue weighted by Gasteiger charge is -2.33. The largest absolute Gasteiger partial charge is 0.467 e. The highest BCUT2D eigenvalue weighted by atomic mass is 32.1. The van der Waals surface area contributed by atoms with Crippen molar-refractivity contribution < 1.29 is 9.21 Å². The lowest BCUT2D eigenvalue weighted by Crippen LogP contribution is -2.28. The van der Waals surface area contributed by atoms with Crippen LogP contribution in [0.25, 0.3) is 10.9 Å². The highest BCUT2D eigenvalue weighted by molar-refractivity contribution is 7.16. The Morgan fingerprint density at radius 2 is 1.88 bits per heavy atom. The zero-order valence-electron chi connectivity index (χ0n) is 24.2. The smallest absolute Gasteiger partial charge is 0.255 e. The summed E-state index contributed by atoms with van der Waals surface area (Å²) in [7, 11) is 0. The highest BCUT2D eigenvalue weighted by Crippen LogP contribution is 2.45. The second kappa shape index (κ2) is 11.2. The maximum absolute atomic E-state index is 13.6. The van der Waals surface area contributed by atoms with Crippen molar-refractivity contribution in [2.75, 3.05) is 0 Å². The molecular formula is C35H37N3O2S. The lowest BCUT2D eigenvalue weighted by molar-refractivity contribution is 0.0947. The molecule has 41 heavy (non-hydrogen) atoms. The number of rotatable bonds is 7. The van der Waals surface area contributed by atoms with Gasteiger partial charge in [-0.3, -0.25) is 4.79 Å². The molecule has 5 aromatic rings. The standard InChI is InChI=1S/C35H37N3O2S/c1-23-29(27-14-8-9-15-30(27)38(23)22-24-11-6-5-7-12-24)21-37-34-32(33(39)36-20-26-13-10-18-40-26)28-17-16-25(35(2,3)4)19-31(28)41-34/h5-15,18,21,25H,16-17,19-20,22H2,1-4H3,(H,36,39)/t25-/m0/s1. The summed E-state index contributed by atoms with van der Waals surface area (Å²) >= 11 is 1.68. The molecule has 1 atom stereocenters. The molecule has 1 N–H and O–H groups in total. The molecule has 6 rings (SSSR count). The van der Waals surface area contributed by atoms with Gasteiger partial charge in [-0.25, -0.2) is 4.99 Å². The third-order valence-electron chi connectivity index (χ3n) is 8.48. The summed E-state index contributed by atoms with van der Waals surface area (Å²) < 4.78 is 7.81. The Kier molecular flexibility index (Phi) is 7.43. The molecule has 0 saturated heterocycles. The predicted molar refractivity (Wildman–Crippen MR) is 169 cm³/mol. The van der Waals surface area contributed by atoms with Gasteiger partial charge in [-0.2, -0.15) is 0 Å². The number of benzene rings is 2. The Hall–Kier alpha value is -3.90. The summed E-state index contributed by atoms with van der Waals surface area (Å²) in [5.41, 5.74) is 6.83. The Balaban J connectivity index is 1.38. The van der Waals surface area contributed by atoms with Crippen LogP contribution < -0.4 is 5.32 Å². The number of hydrogen-bond acceptors (Lipinski definition) is 4. The molecule has 0 saturated carbocycles. The van der Waals surface area contributed by atoms with Crippen LogP contribution in [0.4, 0.5) is 5.00 Å². The van der Waals surface area contributed by atoms with E-state index in [1.165, 1.54) is 26.9 Å². The number of aromatic nitrogens is 1. The zero-order chi connectivity index (χ0) is 28.6. The number of thiophene rings is 1. The molecule has 0 unspecified atom stereocenters. The van der Waals surface area contributed by atoms with Crippen LogP contribution in [0.15, 0.2) is 82.4 Å². The van der Waals surface area contributed by atoms with E-state index < -0.39 is 0 Å². The molecule has 1 amide bonds. The van der Waals surface area contributed by atoms with Gasteiger partial charge in [-0.1, -0.05) is 69.3 Å². The molecule has 6 heteroatoms. The Morgan fingerprint density at radius 1 is 1.10 bits per heavy atom. The van der Waals surface area contributed by atoms with E-state index in [1.807, 2.05) is 18.3 Å². The van der Waals surface area contributed by atoms with Crippen LogP contribution in [0.5, 0.6) is 0 Å². The van der Waals surface area contributed by atoms with Crippen molar-refractivity contribution >= 4 is 39.4 Å². The molecular weight excluding hydrogens is 526 g/mol. The maximum Gasteiger partial charge on any atom is 0.255 e. The van der Waals surface area contributed by atoms with E-state index in [1.54, 1.807) is 17.6 Å². The number of amides is 1. The zero-order valence-corrected chi connectivity index (χ0v) is 25.1. The molecule has 1 aliphatic carbocycles. The van der Waals surface area contributed by atoms with E-state index in [9.17, 15) is 4.79 Å². The van der Waals surface area contributed by atoms with Crippen molar-refractivity contribution in [3.05, 3.63) is 112 Å². The van der Waals surface area contributed by atoms with Crippen molar-refractivity contribution in [1.82, 2.24) is 9.88 Å². The molecule has 1 aliphatic rings. The van der Waals surface area contributed by atoms with Gasteiger partial charge >= 0.3 is 0 Å². The van der Waals surface area contributed by atoms with Gasteiger partial charge in [-0.15, -0.1) is 11.3 Å². The number of aliphatic imine (C=N–C) groups is 1. The predicted octanol–water partition coefficient (Wildman–Crippen LogP) is 8.48. The van der Waals surface area contributed by atoms with E-state index in [0.717, 1.165) is 53.4 Å². The summed E-state index contributed by atoms with van der Waals surface area (Å²) in [6, 6.07) is 22.8. The minimum atomic E-state index is -0.0801. The first-order valence-electron chi connectivity index (χ1n) is 14.4. The Bertz CT molecular complexity index is 1700. The van der Waals surface area contributed by atoms with Crippen LogP contribution in [0.2, 0.25) is 0 Å². The van der Waals surface area contributed by atoms with Gasteiger partial charge in [0.05, 0.1) is 18.4 Å². The number of carbonyl (C=O) groups excluding carboxylic acids is 1. The van der Waals surface area contributed by atoms with Crippen LogP contribution in [-0.2, 0) is 25.9 Å². The minimum absolute atomic E-state index is 0.0801. The molecule has 0 fully saturated rings. The first-order valence-corrected chi connectivity index (χ1v) is 15.2. The van der Waals surface area contributed by atoms with E-state index in [-0.39, 0.29) is 11.3 Å². The molecule has 2 aromatic carbocycles. The van der Waals surface area contributed by atoms with Crippen molar-refractivity contribution in [3.8, 4) is 0 Å². The monoisotopic (exact) mass is 563 g/mol. The van der Waals surface area contributed by atoms with Gasteiger partial charge in [0.2, 0.25) is 0 Å². The number of nitrogens with one attached hydrogen (secondary N) is 1. The molecule has 5 nitrogen and oxygen atoms in total. The van der Waals surface area contributed by atoms with Gasteiger partial charge in [-0.05, 0) is 66.8 Å². The summed E-state index contributed by atoms with van der Waals surface area (Å²) in [5, 5.41) is 5.05. The summed E-state index contributed by atoms with van der Waals surface area (Å²) in [4.78, 5) is 20.0. The van der Waals surface area contributed by atoms with Gasteiger partial charge in [0.25, 0.3) is 5.91 Å². The van der Waals surface area contributed by atoms with Crippen LogP contribution in [-0.4, -0.2) is 16.7 Å². The summed E-state index contributed by atoms with van der Waals surface area (Å²) in [6.45, 7) is 10.3. The molecule has 210 valence electrons. The van der Waals surface area contributed by atoms with E-state index in [2.05, 4.69) is 92.2 Å². The second-order valence-corrected chi connectivity index (χ2v) is 13.2. The van der Waals surface area contributed by atoms with Crippen molar-refractivity contribution in [1.29, 1.82) is 0 Å². The van der Waals surface area contributed by atoms with Gasteiger partial charge < -0.3 is 14.3 Å². The summed E-state index contributed by atoms with van der Waals surface area (Å²) in [5.74, 6) is 1.24. The van der Waals surface area contributed by atoms with Gasteiger partial charge in [0.15, 0.2) is 0 Å². The molecule has 0 aliphatic heterocycles. The lowest BCUT2D eigenvalue weighted by atomic mass is 9.72. The minimum Gasteiger partial charge on any atom is -0.467 e. The number of carbonyl (C=O) groups is 1. The first kappa shape index (κ1) is 27.3. The molecule has 3 aromatic heterocycles. The first-order chi connectivity index (χ1) is 19.8. The fraction of sp³-hybridized carbons (Fsp3) is 0.314. The third-order valence-corrected chi connectivity index (χ3v) is 9.64. The van der Waals surface area contributed by atoms with Gasteiger partial charge in [0, 0.05) is 39.8 Å². The second-order valence-electron chi connectivity index (χ2n) is 12.1. The van der Waals surface area contributed by atoms with Crippen LogP contribution >= 0.6 is 11.3 Å². The Labute approximate surface area is 245 Å². The SMILES string of the molecule is Cc1c(C=Nc2sc3c(c2C(=O)NCc2ccco2)CC[C@H](C(C)(C)C)C3)c2ccccc2n1Cc1ccccc1. The van der Waals surface area contributed by atoms with Crippen molar-refractivity contribution in [2.45, 2.75) is 60.0 Å². The highest BCUT2D eigenvalue weighted by Gasteiger charge is 2.33. The average Bonchev–Trinajstić information content (AvgIpc) is 3.68. The number of furan rings is 1. The fourth-order valence-electron chi connectivity index (χ4n) is 6.02. The van der Waals surface area contributed by atoms with E-state index in [4.69, 9.17) is 9.41 Å². The number of fused-ring (bicyclic) bond motifs is 2. The molecule has 0 spiro atoms. The van der Waals surface area contributed by atoms with Crippen LogP contribution in [0.3, 0.4) is 0 Å². The topological polar surface area (TPSA) is 59.5 Å². The van der Waals surface area contributed by atoms with E-state index in [0.29, 0.717) is 12.5 Å². The number of nitrogens with zero attached hydrogens (tertiary/aromatic N) is 2. The molecule has 0 bridgehead atoms. The summed E-state index contributed by atoms with van der Waals surface area (Å²) in [6.07, 6.45) is 6.59. The van der Waals surface area contributed by atoms with Crippen LogP contribution in [0, 0.1) is 18.3 Å². The maximum atomic E-state index is 13.6. The normalized spacial score (nSPS) is 15.5. The van der Waals surface area contributed by atoms with Gasteiger partial charge in [0.1, 0.15) is 10.8 Å².